The Balaban J connectivity index is 2.42. The molecule has 2 rings (SSSR count). The summed E-state index contributed by atoms with van der Waals surface area (Å²) in [6.07, 6.45) is 0. The number of nitrogens with zero attached hydrogens (tertiary/aromatic N) is 1. The van der Waals surface area contributed by atoms with E-state index < -0.39 is 4.92 Å². The smallest absolute Gasteiger partial charge is 0.273 e. The van der Waals surface area contributed by atoms with E-state index in [0.717, 1.165) is 5.56 Å². The highest BCUT2D eigenvalue weighted by molar-refractivity contribution is 6.31. The number of halogens is 1. The number of aliphatic hydroxyl groups is 1. The summed E-state index contributed by atoms with van der Waals surface area (Å²) in [4.78, 5) is 10.3. The fourth-order valence-electron chi connectivity index (χ4n) is 1.72. The number of nitro benzene ring substituents is 1. The highest BCUT2D eigenvalue weighted by atomic mass is 35.5. The molecular formula is C14H12ClNO4. The van der Waals surface area contributed by atoms with E-state index >= 15 is 0 Å². The maximum Gasteiger partial charge on any atom is 0.273 e. The largest absolute Gasteiger partial charge is 0.456 e. The van der Waals surface area contributed by atoms with Crippen molar-refractivity contribution in [3.63, 3.8) is 0 Å². The number of aryl methyl sites for hydroxylation is 1. The zero-order valence-corrected chi connectivity index (χ0v) is 11.4. The van der Waals surface area contributed by atoms with Crippen molar-refractivity contribution in [1.82, 2.24) is 0 Å². The van der Waals surface area contributed by atoms with E-state index in [-0.39, 0.29) is 12.3 Å². The van der Waals surface area contributed by atoms with Crippen LogP contribution in [0.2, 0.25) is 5.02 Å². The first-order valence-electron chi connectivity index (χ1n) is 5.84. The van der Waals surface area contributed by atoms with Gasteiger partial charge in [0.15, 0.2) is 0 Å². The molecule has 0 aliphatic rings. The summed E-state index contributed by atoms with van der Waals surface area (Å²) in [6.45, 7) is 1.51. The highest BCUT2D eigenvalue weighted by Gasteiger charge is 2.13. The van der Waals surface area contributed by atoms with Gasteiger partial charge in [-0.2, -0.15) is 0 Å². The molecule has 0 saturated carbocycles. The van der Waals surface area contributed by atoms with Gasteiger partial charge in [-0.3, -0.25) is 10.1 Å². The van der Waals surface area contributed by atoms with Crippen LogP contribution in [0.15, 0.2) is 36.4 Å². The first-order chi connectivity index (χ1) is 9.52. The van der Waals surface area contributed by atoms with Crippen molar-refractivity contribution >= 4 is 17.3 Å². The SMILES string of the molecule is Cc1ccc([N+](=O)[O-])cc1Oc1cccc(Cl)c1CO. The maximum atomic E-state index is 10.8. The second kappa shape index (κ2) is 5.90. The van der Waals surface area contributed by atoms with Crippen molar-refractivity contribution in [2.75, 3.05) is 0 Å². The fraction of sp³-hybridized carbons (Fsp3) is 0.143. The van der Waals surface area contributed by atoms with Gasteiger partial charge >= 0.3 is 0 Å². The lowest BCUT2D eigenvalue weighted by Crippen LogP contribution is -1.95. The van der Waals surface area contributed by atoms with Crippen LogP contribution in [-0.4, -0.2) is 10.0 Å². The number of non-ortho nitro benzene ring substituents is 1. The van der Waals surface area contributed by atoms with Crippen LogP contribution in [0.3, 0.4) is 0 Å². The number of nitro groups is 1. The lowest BCUT2D eigenvalue weighted by Gasteiger charge is -2.12. The fourth-order valence-corrected chi connectivity index (χ4v) is 1.94. The molecular weight excluding hydrogens is 282 g/mol. The standard InChI is InChI=1S/C14H12ClNO4/c1-9-5-6-10(16(18)19)7-14(9)20-13-4-2-3-12(15)11(13)8-17/h2-7,17H,8H2,1H3. The van der Waals surface area contributed by atoms with Crippen LogP contribution in [0, 0.1) is 17.0 Å². The molecule has 2 aromatic carbocycles. The van der Waals surface area contributed by atoms with Gasteiger partial charge < -0.3 is 9.84 Å². The van der Waals surface area contributed by atoms with E-state index in [4.69, 9.17) is 16.3 Å². The monoisotopic (exact) mass is 293 g/mol. The van der Waals surface area contributed by atoms with Gasteiger partial charge in [-0.1, -0.05) is 17.7 Å². The van der Waals surface area contributed by atoms with Gasteiger partial charge in [-0.15, -0.1) is 0 Å². The number of hydrogen-bond acceptors (Lipinski definition) is 4. The molecule has 0 unspecified atom stereocenters. The normalized spacial score (nSPS) is 10.3. The lowest BCUT2D eigenvalue weighted by atomic mass is 10.2. The van der Waals surface area contributed by atoms with E-state index in [2.05, 4.69) is 0 Å². The highest BCUT2D eigenvalue weighted by Crippen LogP contribution is 2.33. The van der Waals surface area contributed by atoms with Crippen molar-refractivity contribution < 1.29 is 14.8 Å². The topological polar surface area (TPSA) is 72.6 Å². The quantitative estimate of drug-likeness (QED) is 0.686. The van der Waals surface area contributed by atoms with Crippen LogP contribution in [-0.2, 0) is 6.61 Å². The molecule has 0 amide bonds. The molecule has 20 heavy (non-hydrogen) atoms. The van der Waals surface area contributed by atoms with Gasteiger partial charge in [0.05, 0.1) is 17.6 Å². The molecule has 0 atom stereocenters. The average Bonchev–Trinajstić information content (AvgIpc) is 2.41. The van der Waals surface area contributed by atoms with Crippen molar-refractivity contribution in [2.24, 2.45) is 0 Å². The summed E-state index contributed by atoms with van der Waals surface area (Å²) >= 11 is 5.97. The Labute approximate surface area is 120 Å². The Bertz CT molecular complexity index is 658. The minimum Gasteiger partial charge on any atom is -0.456 e. The van der Waals surface area contributed by atoms with Gasteiger partial charge in [-0.25, -0.2) is 0 Å². The third-order valence-electron chi connectivity index (χ3n) is 2.84. The second-order valence-electron chi connectivity index (χ2n) is 4.18. The van der Waals surface area contributed by atoms with Crippen LogP contribution in [0.25, 0.3) is 0 Å². The lowest BCUT2D eigenvalue weighted by molar-refractivity contribution is -0.384. The molecule has 0 spiro atoms. The summed E-state index contributed by atoms with van der Waals surface area (Å²) in [5, 5.41) is 20.5. The van der Waals surface area contributed by atoms with E-state index in [9.17, 15) is 15.2 Å². The number of aliphatic hydroxyl groups excluding tert-OH is 1. The predicted octanol–water partition coefficient (Wildman–Crippen LogP) is 3.84. The molecule has 5 nitrogen and oxygen atoms in total. The zero-order valence-electron chi connectivity index (χ0n) is 10.7. The van der Waals surface area contributed by atoms with Crippen LogP contribution < -0.4 is 4.74 Å². The van der Waals surface area contributed by atoms with Crippen LogP contribution in [0.1, 0.15) is 11.1 Å². The molecule has 2 aromatic rings. The van der Waals surface area contributed by atoms with Crippen LogP contribution in [0.5, 0.6) is 11.5 Å². The zero-order chi connectivity index (χ0) is 14.7. The molecule has 0 radical (unpaired) electrons. The summed E-state index contributed by atoms with van der Waals surface area (Å²) in [6, 6.07) is 9.33. The third-order valence-corrected chi connectivity index (χ3v) is 3.19. The minimum absolute atomic E-state index is 0.0572. The summed E-state index contributed by atoms with van der Waals surface area (Å²) in [5.74, 6) is 0.736. The molecule has 0 heterocycles. The van der Waals surface area contributed by atoms with E-state index in [1.54, 1.807) is 31.2 Å². The van der Waals surface area contributed by atoms with Gasteiger partial charge in [-0.05, 0) is 30.7 Å². The van der Waals surface area contributed by atoms with Crippen LogP contribution >= 0.6 is 11.6 Å². The van der Waals surface area contributed by atoms with E-state index in [1.807, 2.05) is 0 Å². The van der Waals surface area contributed by atoms with Crippen molar-refractivity contribution in [3.05, 3.63) is 62.7 Å². The van der Waals surface area contributed by atoms with Crippen molar-refractivity contribution in [2.45, 2.75) is 13.5 Å². The molecule has 1 N–H and O–H groups in total. The first-order valence-corrected chi connectivity index (χ1v) is 6.22. The average molecular weight is 294 g/mol. The molecule has 0 aromatic heterocycles. The Kier molecular flexibility index (Phi) is 4.22. The number of hydrogen-bond donors (Lipinski definition) is 1. The van der Waals surface area contributed by atoms with E-state index in [1.165, 1.54) is 12.1 Å². The third kappa shape index (κ3) is 2.89. The van der Waals surface area contributed by atoms with Gasteiger partial charge in [0, 0.05) is 16.7 Å². The first kappa shape index (κ1) is 14.3. The van der Waals surface area contributed by atoms with Gasteiger partial charge in [0.2, 0.25) is 0 Å². The Morgan fingerprint density at radius 2 is 2.05 bits per heavy atom. The number of benzene rings is 2. The van der Waals surface area contributed by atoms with Gasteiger partial charge in [0.1, 0.15) is 11.5 Å². The Morgan fingerprint density at radius 1 is 1.30 bits per heavy atom. The molecule has 0 aliphatic heterocycles. The summed E-state index contributed by atoms with van der Waals surface area (Å²) in [7, 11) is 0. The molecule has 0 aliphatic carbocycles. The summed E-state index contributed by atoms with van der Waals surface area (Å²) in [5.41, 5.74) is 1.14. The maximum absolute atomic E-state index is 10.8. The van der Waals surface area contributed by atoms with Crippen LogP contribution in [0.4, 0.5) is 5.69 Å². The minimum atomic E-state index is -0.489. The van der Waals surface area contributed by atoms with Crippen molar-refractivity contribution in [3.8, 4) is 11.5 Å². The van der Waals surface area contributed by atoms with Gasteiger partial charge in [0.25, 0.3) is 5.69 Å². The Hall–Kier alpha value is -2.11. The molecule has 104 valence electrons. The molecule has 0 bridgehead atoms. The Morgan fingerprint density at radius 3 is 2.70 bits per heavy atom. The number of ether oxygens (including phenoxy) is 1. The molecule has 6 heteroatoms. The second-order valence-corrected chi connectivity index (χ2v) is 4.59. The molecule has 0 saturated heterocycles. The number of rotatable bonds is 4. The van der Waals surface area contributed by atoms with E-state index in [0.29, 0.717) is 22.1 Å². The van der Waals surface area contributed by atoms with Crippen molar-refractivity contribution in [1.29, 1.82) is 0 Å². The molecule has 0 fully saturated rings. The summed E-state index contributed by atoms with van der Waals surface area (Å²) < 4.78 is 5.65. The predicted molar refractivity (Wildman–Crippen MR) is 75.3 cm³/mol.